The molecule has 0 unspecified atom stereocenters. The van der Waals surface area contributed by atoms with E-state index in [1.165, 1.54) is 26.2 Å². The molecule has 0 saturated heterocycles. The fraction of sp³-hybridized carbons (Fsp3) is 0.545. The van der Waals surface area contributed by atoms with Crippen molar-refractivity contribution in [1.82, 2.24) is 19.8 Å². The number of sulfonamides is 1. The minimum atomic E-state index is -4.01. The number of amides is 2. The van der Waals surface area contributed by atoms with Crippen LogP contribution >= 0.6 is 0 Å². The molecule has 0 fully saturated rings. The van der Waals surface area contributed by atoms with Crippen LogP contribution in [0.3, 0.4) is 0 Å². The number of nitrogens with zero attached hydrogens (tertiary/aromatic N) is 2. The molecule has 0 aliphatic rings. The topological polar surface area (TPSA) is 110 Å². The maximum absolute atomic E-state index is 12.0. The number of nitrogens with one attached hydrogen (secondary N) is 2. The summed E-state index contributed by atoms with van der Waals surface area (Å²) >= 11 is 0. The van der Waals surface area contributed by atoms with Crippen molar-refractivity contribution in [3.8, 4) is 0 Å². The first kappa shape index (κ1) is 16.2. The highest BCUT2D eigenvalue weighted by atomic mass is 32.2. The van der Waals surface area contributed by atoms with E-state index in [2.05, 4.69) is 10.4 Å². The molecule has 0 spiro atoms. The zero-order valence-electron chi connectivity index (χ0n) is 11.7. The van der Waals surface area contributed by atoms with E-state index < -0.39 is 27.9 Å². The summed E-state index contributed by atoms with van der Waals surface area (Å²) in [6.07, 6.45) is 1.31. The molecular formula is C11H18N4O4S. The van der Waals surface area contributed by atoms with Crippen molar-refractivity contribution < 1.29 is 18.0 Å². The SMILES string of the molecule is CC(=O)N[C@H](C(=O)NS(=O)(=O)c1ccnn1C)C(C)C. The Morgan fingerprint density at radius 2 is 1.95 bits per heavy atom. The summed E-state index contributed by atoms with van der Waals surface area (Å²) in [5.41, 5.74) is 0. The molecule has 8 nitrogen and oxygen atoms in total. The smallest absolute Gasteiger partial charge is 0.281 e. The normalized spacial score (nSPS) is 13.1. The molecule has 0 bridgehead atoms. The molecule has 2 amide bonds. The van der Waals surface area contributed by atoms with E-state index >= 15 is 0 Å². The lowest BCUT2D eigenvalue weighted by atomic mass is 10.0. The molecule has 0 radical (unpaired) electrons. The Morgan fingerprint density at radius 3 is 2.35 bits per heavy atom. The van der Waals surface area contributed by atoms with Crippen LogP contribution in [-0.4, -0.2) is 36.1 Å². The molecule has 0 aliphatic carbocycles. The highest BCUT2D eigenvalue weighted by Gasteiger charge is 2.28. The van der Waals surface area contributed by atoms with E-state index in [1.807, 2.05) is 4.72 Å². The van der Waals surface area contributed by atoms with Crippen molar-refractivity contribution in [3.05, 3.63) is 12.3 Å². The van der Waals surface area contributed by atoms with Gasteiger partial charge in [0, 0.05) is 14.0 Å². The van der Waals surface area contributed by atoms with Crippen LogP contribution in [0, 0.1) is 5.92 Å². The van der Waals surface area contributed by atoms with E-state index in [0.29, 0.717) is 0 Å². The Hall–Kier alpha value is -1.90. The van der Waals surface area contributed by atoms with Crippen LogP contribution in [0.1, 0.15) is 20.8 Å². The first-order valence-corrected chi connectivity index (χ1v) is 7.45. The third kappa shape index (κ3) is 3.80. The fourth-order valence-corrected chi connectivity index (χ4v) is 2.76. The first-order valence-electron chi connectivity index (χ1n) is 5.97. The van der Waals surface area contributed by atoms with Crippen LogP contribution in [-0.2, 0) is 26.7 Å². The molecule has 112 valence electrons. The Bertz CT molecular complexity index is 606. The second-order valence-electron chi connectivity index (χ2n) is 4.69. The van der Waals surface area contributed by atoms with Gasteiger partial charge in [0.05, 0.1) is 6.20 Å². The van der Waals surface area contributed by atoms with Gasteiger partial charge >= 0.3 is 0 Å². The number of hydrogen-bond acceptors (Lipinski definition) is 5. The number of carbonyl (C=O) groups is 2. The van der Waals surface area contributed by atoms with Gasteiger partial charge in [0.2, 0.25) is 5.91 Å². The number of carbonyl (C=O) groups excluding carboxylic acids is 2. The first-order chi connectivity index (χ1) is 9.15. The second kappa shape index (κ2) is 6.04. The lowest BCUT2D eigenvalue weighted by molar-refractivity contribution is -0.128. The van der Waals surface area contributed by atoms with E-state index in [0.717, 1.165) is 4.68 Å². The summed E-state index contributed by atoms with van der Waals surface area (Å²) in [7, 11) is -2.56. The highest BCUT2D eigenvalue weighted by molar-refractivity contribution is 7.90. The molecule has 1 heterocycles. The number of aromatic nitrogens is 2. The van der Waals surface area contributed by atoms with Gasteiger partial charge in [-0.2, -0.15) is 13.5 Å². The molecule has 20 heavy (non-hydrogen) atoms. The second-order valence-corrected chi connectivity index (χ2v) is 6.31. The van der Waals surface area contributed by atoms with Gasteiger partial charge < -0.3 is 5.32 Å². The van der Waals surface area contributed by atoms with E-state index in [4.69, 9.17) is 0 Å². The number of aryl methyl sites for hydroxylation is 1. The monoisotopic (exact) mass is 302 g/mol. The third-order valence-electron chi connectivity index (χ3n) is 2.59. The average molecular weight is 302 g/mol. The van der Waals surface area contributed by atoms with Gasteiger partial charge in [0.1, 0.15) is 6.04 Å². The van der Waals surface area contributed by atoms with Crippen molar-refractivity contribution in [2.45, 2.75) is 31.8 Å². The van der Waals surface area contributed by atoms with Crippen LogP contribution in [0.4, 0.5) is 0 Å². The molecule has 1 aromatic heterocycles. The van der Waals surface area contributed by atoms with Crippen molar-refractivity contribution in [2.24, 2.45) is 13.0 Å². The molecule has 0 aliphatic heterocycles. The average Bonchev–Trinajstić information content (AvgIpc) is 2.71. The Kier molecular flexibility index (Phi) is 4.88. The Labute approximate surface area is 117 Å². The van der Waals surface area contributed by atoms with Crippen LogP contribution < -0.4 is 10.0 Å². The highest BCUT2D eigenvalue weighted by Crippen LogP contribution is 2.08. The molecule has 9 heteroatoms. The summed E-state index contributed by atoms with van der Waals surface area (Å²) in [4.78, 5) is 23.1. The summed E-state index contributed by atoms with van der Waals surface area (Å²) < 4.78 is 27.1. The van der Waals surface area contributed by atoms with Crippen LogP contribution in [0.5, 0.6) is 0 Å². The third-order valence-corrected chi connectivity index (χ3v) is 4.01. The molecular weight excluding hydrogens is 284 g/mol. The largest absolute Gasteiger partial charge is 0.344 e. The standard InChI is InChI=1S/C11H18N4O4S/c1-7(2)10(13-8(3)16)11(17)14-20(18,19)9-5-6-12-15(9)4/h5-7,10H,1-4H3,(H,13,16)(H,14,17)/t10-/m0/s1. The van der Waals surface area contributed by atoms with Gasteiger partial charge in [0.25, 0.3) is 15.9 Å². The number of rotatable bonds is 5. The van der Waals surface area contributed by atoms with Crippen molar-refractivity contribution >= 4 is 21.8 Å². The zero-order valence-corrected chi connectivity index (χ0v) is 12.6. The molecule has 0 saturated carbocycles. The summed E-state index contributed by atoms with van der Waals surface area (Å²) in [6.45, 7) is 4.67. The maximum Gasteiger partial charge on any atom is 0.281 e. The van der Waals surface area contributed by atoms with Gasteiger partial charge in [-0.1, -0.05) is 13.8 Å². The molecule has 1 rings (SSSR count). The Morgan fingerprint density at radius 1 is 1.35 bits per heavy atom. The van der Waals surface area contributed by atoms with E-state index in [-0.39, 0.29) is 10.9 Å². The summed E-state index contributed by atoms with van der Waals surface area (Å²) in [6, 6.07) is 0.355. The molecule has 1 atom stereocenters. The van der Waals surface area contributed by atoms with E-state index in [9.17, 15) is 18.0 Å². The zero-order chi connectivity index (χ0) is 15.5. The van der Waals surface area contributed by atoms with Crippen molar-refractivity contribution in [3.63, 3.8) is 0 Å². The lowest BCUT2D eigenvalue weighted by Gasteiger charge is -2.20. The summed E-state index contributed by atoms with van der Waals surface area (Å²) in [5.74, 6) is -1.44. The Balaban J connectivity index is 2.93. The van der Waals surface area contributed by atoms with Gasteiger partial charge in [-0.05, 0) is 12.0 Å². The maximum atomic E-state index is 12.0. The van der Waals surface area contributed by atoms with Crippen LogP contribution in [0.25, 0.3) is 0 Å². The lowest BCUT2D eigenvalue weighted by Crippen LogP contribution is -2.50. The van der Waals surface area contributed by atoms with Gasteiger partial charge in [-0.25, -0.2) is 4.72 Å². The molecule has 2 N–H and O–H groups in total. The predicted molar refractivity (Wildman–Crippen MR) is 71.0 cm³/mol. The van der Waals surface area contributed by atoms with Gasteiger partial charge in [-0.3, -0.25) is 14.3 Å². The molecule has 1 aromatic rings. The number of hydrogen-bond donors (Lipinski definition) is 2. The van der Waals surface area contributed by atoms with Gasteiger partial charge in [-0.15, -0.1) is 0 Å². The minimum Gasteiger partial charge on any atom is -0.344 e. The predicted octanol–water partition coefficient (Wildman–Crippen LogP) is -0.614. The van der Waals surface area contributed by atoms with Crippen LogP contribution in [0.15, 0.2) is 17.3 Å². The summed E-state index contributed by atoms with van der Waals surface area (Å²) in [5, 5.41) is 6.03. The van der Waals surface area contributed by atoms with Crippen molar-refractivity contribution in [1.29, 1.82) is 0 Å². The van der Waals surface area contributed by atoms with Gasteiger partial charge in [0.15, 0.2) is 5.03 Å². The van der Waals surface area contributed by atoms with Crippen molar-refractivity contribution in [2.75, 3.05) is 0 Å². The quantitative estimate of drug-likeness (QED) is 0.753. The van der Waals surface area contributed by atoms with E-state index in [1.54, 1.807) is 13.8 Å². The minimum absolute atomic E-state index is 0.129. The van der Waals surface area contributed by atoms with Crippen LogP contribution in [0.2, 0.25) is 0 Å². The fourth-order valence-electron chi connectivity index (χ4n) is 1.63. The molecule has 0 aromatic carbocycles.